The Bertz CT molecular complexity index is 1070. The molecule has 0 radical (unpaired) electrons. The van der Waals surface area contributed by atoms with Gasteiger partial charge in [0.1, 0.15) is 17.1 Å². The Hall–Kier alpha value is -3.60. The molecule has 0 bridgehead atoms. The molecule has 0 fully saturated rings. The second kappa shape index (κ2) is 6.72. The van der Waals surface area contributed by atoms with Crippen molar-refractivity contribution in [2.24, 2.45) is 0 Å². The molecule has 0 aliphatic carbocycles. The van der Waals surface area contributed by atoms with Crippen molar-refractivity contribution >= 4 is 16.7 Å². The minimum absolute atomic E-state index is 0.361. The molecule has 0 spiro atoms. The summed E-state index contributed by atoms with van der Waals surface area (Å²) < 4.78 is 10.9. The third kappa shape index (κ3) is 3.02. The lowest BCUT2D eigenvalue weighted by atomic mass is 10.1. The first kappa shape index (κ1) is 15.9. The molecule has 4 rings (SSSR count). The maximum atomic E-state index is 12.2. The molecule has 0 saturated carbocycles. The lowest BCUT2D eigenvalue weighted by Crippen LogP contribution is -2.04. The van der Waals surface area contributed by atoms with Crippen LogP contribution in [0.5, 0.6) is 11.5 Å². The van der Waals surface area contributed by atoms with E-state index < -0.39 is 5.97 Å². The summed E-state index contributed by atoms with van der Waals surface area (Å²) in [6.45, 7) is 0. The predicted molar refractivity (Wildman–Crippen MR) is 99.4 cm³/mol. The summed E-state index contributed by atoms with van der Waals surface area (Å²) in [5.74, 6) is 0.649. The lowest BCUT2D eigenvalue weighted by Gasteiger charge is -2.12. The van der Waals surface area contributed by atoms with Crippen molar-refractivity contribution in [1.82, 2.24) is 10.2 Å². The van der Waals surface area contributed by atoms with E-state index in [0.29, 0.717) is 17.1 Å². The summed E-state index contributed by atoms with van der Waals surface area (Å²) in [6, 6.07) is 19.2. The number of hydrogen-bond acceptors (Lipinski definition) is 4. The smallest absolute Gasteiger partial charge is 0.341 e. The van der Waals surface area contributed by atoms with E-state index in [1.165, 1.54) is 7.11 Å². The van der Waals surface area contributed by atoms with Crippen LogP contribution in [0.1, 0.15) is 10.4 Å². The average Bonchev–Trinajstić information content (AvgIpc) is 3.22. The first-order chi connectivity index (χ1) is 12.7. The van der Waals surface area contributed by atoms with E-state index >= 15 is 0 Å². The van der Waals surface area contributed by atoms with E-state index in [4.69, 9.17) is 9.47 Å². The zero-order valence-corrected chi connectivity index (χ0v) is 14.1. The normalized spacial score (nSPS) is 10.7. The van der Waals surface area contributed by atoms with Gasteiger partial charge in [-0.25, -0.2) is 4.79 Å². The molecule has 26 heavy (non-hydrogen) atoms. The third-order valence-corrected chi connectivity index (χ3v) is 4.17. The molecule has 5 heteroatoms. The summed E-state index contributed by atoms with van der Waals surface area (Å²) in [4.78, 5) is 12.2. The minimum atomic E-state index is -0.453. The maximum absolute atomic E-state index is 12.2. The molecule has 0 atom stereocenters. The zero-order valence-electron chi connectivity index (χ0n) is 14.1. The zero-order chi connectivity index (χ0) is 17.9. The van der Waals surface area contributed by atoms with Crippen molar-refractivity contribution in [3.05, 3.63) is 78.6 Å². The van der Waals surface area contributed by atoms with Crippen LogP contribution in [-0.4, -0.2) is 23.3 Å². The van der Waals surface area contributed by atoms with Crippen molar-refractivity contribution in [1.29, 1.82) is 0 Å². The van der Waals surface area contributed by atoms with Gasteiger partial charge in [-0.15, -0.1) is 0 Å². The van der Waals surface area contributed by atoms with Crippen molar-refractivity contribution in [2.45, 2.75) is 0 Å². The molecular weight excluding hydrogens is 328 g/mol. The van der Waals surface area contributed by atoms with Gasteiger partial charge in [0.25, 0.3) is 0 Å². The highest BCUT2D eigenvalue weighted by molar-refractivity contribution is 5.94. The minimum Gasteiger partial charge on any atom is -0.465 e. The van der Waals surface area contributed by atoms with E-state index in [1.54, 1.807) is 24.5 Å². The number of methoxy groups -OCH3 is 1. The molecule has 3 aromatic carbocycles. The van der Waals surface area contributed by atoms with Gasteiger partial charge in [0.2, 0.25) is 0 Å². The molecular formula is C21H16N2O3. The van der Waals surface area contributed by atoms with Crippen LogP contribution < -0.4 is 4.74 Å². The van der Waals surface area contributed by atoms with Gasteiger partial charge < -0.3 is 9.47 Å². The van der Waals surface area contributed by atoms with Gasteiger partial charge in [-0.3, -0.25) is 5.10 Å². The number of H-pyrrole nitrogens is 1. The summed E-state index contributed by atoms with van der Waals surface area (Å²) >= 11 is 0. The van der Waals surface area contributed by atoms with Crippen molar-refractivity contribution in [2.75, 3.05) is 7.11 Å². The second-order valence-electron chi connectivity index (χ2n) is 5.80. The van der Waals surface area contributed by atoms with Gasteiger partial charge in [-0.2, -0.15) is 5.10 Å². The Balaban J connectivity index is 1.73. The lowest BCUT2D eigenvalue weighted by molar-refractivity contribution is 0.0598. The third-order valence-electron chi connectivity index (χ3n) is 4.17. The standard InChI is InChI=1S/C21H16N2O3/c1-25-21(24)19-11-16(17-12-22-23-13-17)7-9-20(19)26-18-8-6-14-4-2-3-5-15(14)10-18/h2-13H,1H3,(H,22,23). The summed E-state index contributed by atoms with van der Waals surface area (Å²) in [5.41, 5.74) is 2.09. The number of hydrogen-bond donors (Lipinski definition) is 1. The number of rotatable bonds is 4. The Morgan fingerprint density at radius 3 is 2.58 bits per heavy atom. The van der Waals surface area contributed by atoms with Gasteiger partial charge in [0.15, 0.2) is 0 Å². The summed E-state index contributed by atoms with van der Waals surface area (Å²) in [5, 5.41) is 8.90. The molecule has 0 aliphatic rings. The van der Waals surface area contributed by atoms with Gasteiger partial charge in [-0.05, 0) is 40.6 Å². The van der Waals surface area contributed by atoms with Crippen molar-refractivity contribution in [3.63, 3.8) is 0 Å². The number of nitrogens with one attached hydrogen (secondary N) is 1. The van der Waals surface area contributed by atoms with Crippen molar-refractivity contribution < 1.29 is 14.3 Å². The predicted octanol–water partition coefficient (Wildman–Crippen LogP) is 4.81. The highest BCUT2D eigenvalue weighted by atomic mass is 16.5. The van der Waals surface area contributed by atoms with Crippen LogP contribution >= 0.6 is 0 Å². The van der Waals surface area contributed by atoms with Crippen molar-refractivity contribution in [3.8, 4) is 22.6 Å². The van der Waals surface area contributed by atoms with Crippen LogP contribution in [0.3, 0.4) is 0 Å². The molecule has 0 amide bonds. The molecule has 0 saturated heterocycles. The fraction of sp³-hybridized carbons (Fsp3) is 0.0476. The van der Waals surface area contributed by atoms with Gasteiger partial charge in [-0.1, -0.05) is 36.4 Å². The number of ether oxygens (including phenoxy) is 2. The van der Waals surface area contributed by atoms with E-state index in [9.17, 15) is 4.79 Å². The number of fused-ring (bicyclic) bond motifs is 1. The molecule has 1 aromatic heterocycles. The molecule has 5 nitrogen and oxygen atoms in total. The van der Waals surface area contributed by atoms with Gasteiger partial charge in [0.05, 0.1) is 13.3 Å². The summed E-state index contributed by atoms with van der Waals surface area (Å²) in [7, 11) is 1.35. The SMILES string of the molecule is COC(=O)c1cc(-c2cn[nH]c2)ccc1Oc1ccc2ccccc2c1. The molecule has 1 N–H and O–H groups in total. The molecule has 1 heterocycles. The Morgan fingerprint density at radius 2 is 1.81 bits per heavy atom. The second-order valence-corrected chi connectivity index (χ2v) is 5.80. The largest absolute Gasteiger partial charge is 0.465 e. The maximum Gasteiger partial charge on any atom is 0.341 e. The van der Waals surface area contributed by atoms with Crippen LogP contribution in [0, 0.1) is 0 Å². The van der Waals surface area contributed by atoms with Crippen LogP contribution in [0.2, 0.25) is 0 Å². The number of carbonyl (C=O) groups is 1. The van der Waals surface area contributed by atoms with Crippen LogP contribution in [0.4, 0.5) is 0 Å². The topological polar surface area (TPSA) is 64.2 Å². The monoisotopic (exact) mass is 344 g/mol. The number of aromatic nitrogens is 2. The number of esters is 1. The number of aromatic amines is 1. The van der Waals surface area contributed by atoms with E-state index in [0.717, 1.165) is 21.9 Å². The number of nitrogens with zero attached hydrogens (tertiary/aromatic N) is 1. The summed E-state index contributed by atoms with van der Waals surface area (Å²) in [6.07, 6.45) is 3.46. The van der Waals surface area contributed by atoms with E-state index in [-0.39, 0.29) is 0 Å². The molecule has 0 unspecified atom stereocenters. The van der Waals surface area contributed by atoms with Crippen LogP contribution in [0.25, 0.3) is 21.9 Å². The molecule has 0 aliphatic heterocycles. The van der Waals surface area contributed by atoms with Crippen LogP contribution in [0.15, 0.2) is 73.1 Å². The first-order valence-electron chi connectivity index (χ1n) is 8.13. The molecule has 128 valence electrons. The highest BCUT2D eigenvalue weighted by Gasteiger charge is 2.16. The fourth-order valence-corrected chi connectivity index (χ4v) is 2.83. The van der Waals surface area contributed by atoms with Gasteiger partial charge in [0, 0.05) is 11.8 Å². The first-order valence-corrected chi connectivity index (χ1v) is 8.13. The Morgan fingerprint density at radius 1 is 0.962 bits per heavy atom. The quantitative estimate of drug-likeness (QED) is 0.540. The Kier molecular flexibility index (Phi) is 4.11. The average molecular weight is 344 g/mol. The van der Waals surface area contributed by atoms with Gasteiger partial charge >= 0.3 is 5.97 Å². The fourth-order valence-electron chi connectivity index (χ4n) is 2.83. The number of carbonyl (C=O) groups excluding carboxylic acids is 1. The highest BCUT2D eigenvalue weighted by Crippen LogP contribution is 2.31. The Labute approximate surface area is 150 Å². The van der Waals surface area contributed by atoms with E-state index in [2.05, 4.69) is 10.2 Å². The van der Waals surface area contributed by atoms with Crippen LogP contribution in [-0.2, 0) is 4.74 Å². The van der Waals surface area contributed by atoms with E-state index in [1.807, 2.05) is 48.5 Å². The molecule has 4 aromatic rings. The number of benzene rings is 3.